The molecule has 0 aliphatic heterocycles. The van der Waals surface area contributed by atoms with E-state index in [1.807, 2.05) is 31.2 Å². The molecule has 1 aromatic heterocycles. The second-order valence-electron chi connectivity index (χ2n) is 3.85. The Morgan fingerprint density at radius 1 is 1.33 bits per heavy atom. The summed E-state index contributed by atoms with van der Waals surface area (Å²) in [4.78, 5) is 19.6. The SMILES string of the molecule is Cc1ccccc1CC(=O)Nc1nccc(Cl)n1. The van der Waals surface area contributed by atoms with Gasteiger partial charge < -0.3 is 0 Å². The van der Waals surface area contributed by atoms with Gasteiger partial charge in [-0.05, 0) is 24.1 Å². The number of carbonyl (C=O) groups excluding carboxylic acids is 1. The number of rotatable bonds is 3. The van der Waals surface area contributed by atoms with Gasteiger partial charge >= 0.3 is 0 Å². The topological polar surface area (TPSA) is 54.9 Å². The van der Waals surface area contributed by atoms with Crippen molar-refractivity contribution < 1.29 is 4.79 Å². The summed E-state index contributed by atoms with van der Waals surface area (Å²) in [7, 11) is 0. The fourth-order valence-corrected chi connectivity index (χ4v) is 1.68. The molecule has 0 spiro atoms. The minimum Gasteiger partial charge on any atom is -0.294 e. The van der Waals surface area contributed by atoms with E-state index in [1.165, 1.54) is 6.20 Å². The van der Waals surface area contributed by atoms with Crippen molar-refractivity contribution in [3.63, 3.8) is 0 Å². The molecule has 92 valence electrons. The molecular weight excluding hydrogens is 250 g/mol. The normalized spacial score (nSPS) is 10.1. The van der Waals surface area contributed by atoms with Gasteiger partial charge in [0.2, 0.25) is 11.9 Å². The van der Waals surface area contributed by atoms with Crippen LogP contribution >= 0.6 is 11.6 Å². The third-order valence-electron chi connectivity index (χ3n) is 2.49. The standard InChI is InChI=1S/C13H12ClN3O/c1-9-4-2-3-5-10(9)8-12(18)17-13-15-7-6-11(14)16-13/h2-7H,8H2,1H3,(H,15,16,17,18). The largest absolute Gasteiger partial charge is 0.294 e. The molecule has 2 aromatic rings. The number of aryl methyl sites for hydroxylation is 1. The van der Waals surface area contributed by atoms with E-state index in [9.17, 15) is 4.79 Å². The summed E-state index contributed by atoms with van der Waals surface area (Å²) in [5.41, 5.74) is 2.07. The van der Waals surface area contributed by atoms with Crippen LogP contribution in [0.25, 0.3) is 0 Å². The predicted molar refractivity (Wildman–Crippen MR) is 70.6 cm³/mol. The lowest BCUT2D eigenvalue weighted by Gasteiger charge is -2.06. The first kappa shape index (κ1) is 12.5. The van der Waals surface area contributed by atoms with Crippen LogP contribution in [-0.2, 0) is 11.2 Å². The first-order chi connectivity index (χ1) is 8.65. The molecular formula is C13H12ClN3O. The Labute approximate surface area is 110 Å². The second kappa shape index (κ2) is 5.60. The van der Waals surface area contributed by atoms with Crippen LogP contribution in [0.2, 0.25) is 5.15 Å². The maximum Gasteiger partial charge on any atom is 0.231 e. The summed E-state index contributed by atoms with van der Waals surface area (Å²) in [6, 6.07) is 9.30. The summed E-state index contributed by atoms with van der Waals surface area (Å²) in [6.07, 6.45) is 1.79. The third kappa shape index (κ3) is 3.28. The third-order valence-corrected chi connectivity index (χ3v) is 2.70. The minimum absolute atomic E-state index is 0.161. The van der Waals surface area contributed by atoms with E-state index in [4.69, 9.17) is 11.6 Å². The van der Waals surface area contributed by atoms with Crippen LogP contribution in [0.5, 0.6) is 0 Å². The van der Waals surface area contributed by atoms with E-state index in [1.54, 1.807) is 6.07 Å². The average Bonchev–Trinajstić information content (AvgIpc) is 2.32. The number of hydrogen-bond acceptors (Lipinski definition) is 3. The zero-order valence-corrected chi connectivity index (χ0v) is 10.6. The van der Waals surface area contributed by atoms with Gasteiger partial charge in [-0.15, -0.1) is 0 Å². The van der Waals surface area contributed by atoms with Gasteiger partial charge in [0.15, 0.2) is 0 Å². The van der Waals surface area contributed by atoms with Crippen molar-refractivity contribution in [2.45, 2.75) is 13.3 Å². The summed E-state index contributed by atoms with van der Waals surface area (Å²) in [6.45, 7) is 1.97. The molecule has 1 amide bonds. The number of nitrogens with one attached hydrogen (secondary N) is 1. The van der Waals surface area contributed by atoms with Crippen LogP contribution in [0.4, 0.5) is 5.95 Å². The van der Waals surface area contributed by atoms with E-state index >= 15 is 0 Å². The molecule has 0 aliphatic rings. The van der Waals surface area contributed by atoms with E-state index in [-0.39, 0.29) is 11.9 Å². The van der Waals surface area contributed by atoms with Crippen molar-refractivity contribution in [2.75, 3.05) is 5.32 Å². The highest BCUT2D eigenvalue weighted by molar-refractivity contribution is 6.29. The van der Waals surface area contributed by atoms with Gasteiger partial charge in [-0.2, -0.15) is 0 Å². The summed E-state index contributed by atoms with van der Waals surface area (Å²) in [5, 5.41) is 2.91. The molecule has 0 aliphatic carbocycles. The molecule has 0 atom stereocenters. The molecule has 1 N–H and O–H groups in total. The van der Waals surface area contributed by atoms with Crippen LogP contribution in [0.3, 0.4) is 0 Å². The van der Waals surface area contributed by atoms with E-state index in [0.29, 0.717) is 11.6 Å². The van der Waals surface area contributed by atoms with E-state index < -0.39 is 0 Å². The van der Waals surface area contributed by atoms with Gasteiger partial charge in [0.05, 0.1) is 6.42 Å². The van der Waals surface area contributed by atoms with Crippen molar-refractivity contribution in [2.24, 2.45) is 0 Å². The van der Waals surface area contributed by atoms with Crippen molar-refractivity contribution in [1.82, 2.24) is 9.97 Å². The smallest absolute Gasteiger partial charge is 0.231 e. The molecule has 0 saturated heterocycles. The highest BCUT2D eigenvalue weighted by Crippen LogP contribution is 2.10. The Hall–Kier alpha value is -1.94. The Bertz CT molecular complexity index is 572. The van der Waals surface area contributed by atoms with Crippen molar-refractivity contribution in [1.29, 1.82) is 0 Å². The first-order valence-corrected chi connectivity index (χ1v) is 5.86. The number of amides is 1. The number of aromatic nitrogens is 2. The quantitative estimate of drug-likeness (QED) is 0.864. The highest BCUT2D eigenvalue weighted by atomic mass is 35.5. The molecule has 0 bridgehead atoms. The average molecular weight is 262 g/mol. The van der Waals surface area contributed by atoms with Crippen LogP contribution < -0.4 is 5.32 Å². The molecule has 0 fully saturated rings. The van der Waals surface area contributed by atoms with Crippen LogP contribution in [-0.4, -0.2) is 15.9 Å². The Morgan fingerprint density at radius 2 is 2.11 bits per heavy atom. The van der Waals surface area contributed by atoms with Crippen molar-refractivity contribution in [3.05, 3.63) is 52.8 Å². The molecule has 1 heterocycles. The van der Waals surface area contributed by atoms with E-state index in [2.05, 4.69) is 15.3 Å². The molecule has 4 nitrogen and oxygen atoms in total. The van der Waals surface area contributed by atoms with Crippen molar-refractivity contribution in [3.8, 4) is 0 Å². The van der Waals surface area contributed by atoms with E-state index in [0.717, 1.165) is 11.1 Å². The lowest BCUT2D eigenvalue weighted by Crippen LogP contribution is -2.16. The van der Waals surface area contributed by atoms with Gasteiger partial charge in [-0.25, -0.2) is 9.97 Å². The number of nitrogens with zero attached hydrogens (tertiary/aromatic N) is 2. The number of halogens is 1. The highest BCUT2D eigenvalue weighted by Gasteiger charge is 2.07. The van der Waals surface area contributed by atoms with Gasteiger partial charge in [0.25, 0.3) is 0 Å². The van der Waals surface area contributed by atoms with Gasteiger partial charge in [-0.1, -0.05) is 35.9 Å². The Balaban J connectivity index is 2.03. The zero-order chi connectivity index (χ0) is 13.0. The Morgan fingerprint density at radius 3 is 2.83 bits per heavy atom. The maximum absolute atomic E-state index is 11.8. The lowest BCUT2D eigenvalue weighted by atomic mass is 10.1. The van der Waals surface area contributed by atoms with Gasteiger partial charge in [0.1, 0.15) is 5.15 Å². The minimum atomic E-state index is -0.161. The lowest BCUT2D eigenvalue weighted by molar-refractivity contribution is -0.115. The van der Waals surface area contributed by atoms with Crippen LogP contribution in [0, 0.1) is 6.92 Å². The predicted octanol–water partition coefficient (Wildman–Crippen LogP) is 2.62. The molecule has 5 heteroatoms. The first-order valence-electron chi connectivity index (χ1n) is 5.48. The fourth-order valence-electron chi connectivity index (χ4n) is 1.55. The number of anilines is 1. The molecule has 0 saturated carbocycles. The summed E-state index contributed by atoms with van der Waals surface area (Å²) >= 11 is 5.71. The van der Waals surface area contributed by atoms with Crippen molar-refractivity contribution >= 4 is 23.5 Å². The van der Waals surface area contributed by atoms with Crippen LogP contribution in [0.15, 0.2) is 36.5 Å². The van der Waals surface area contributed by atoms with Crippen LogP contribution in [0.1, 0.15) is 11.1 Å². The Kier molecular flexibility index (Phi) is 3.89. The molecule has 0 unspecified atom stereocenters. The monoisotopic (exact) mass is 261 g/mol. The second-order valence-corrected chi connectivity index (χ2v) is 4.24. The fraction of sp³-hybridized carbons (Fsp3) is 0.154. The molecule has 0 radical (unpaired) electrons. The number of carbonyl (C=O) groups is 1. The maximum atomic E-state index is 11.8. The number of benzene rings is 1. The van der Waals surface area contributed by atoms with Gasteiger partial charge in [0, 0.05) is 6.20 Å². The zero-order valence-electron chi connectivity index (χ0n) is 9.85. The molecule has 2 rings (SSSR count). The molecule has 1 aromatic carbocycles. The number of hydrogen-bond donors (Lipinski definition) is 1. The molecule has 18 heavy (non-hydrogen) atoms. The summed E-state index contributed by atoms with van der Waals surface area (Å²) < 4.78 is 0. The van der Waals surface area contributed by atoms with Gasteiger partial charge in [-0.3, -0.25) is 10.1 Å². The summed E-state index contributed by atoms with van der Waals surface area (Å²) in [5.74, 6) is 0.0626.